The normalized spacial score (nSPS) is 15.0. The number of imide groups is 1. The number of hydrogen-bond donors (Lipinski definition) is 2. The minimum absolute atomic E-state index is 0.0494. The van der Waals surface area contributed by atoms with Gasteiger partial charge in [-0.2, -0.15) is 13.2 Å². The molecule has 2 heterocycles. The lowest BCUT2D eigenvalue weighted by Gasteiger charge is -2.13. The topological polar surface area (TPSA) is 62.0 Å². The molecule has 1 aromatic heterocycles. The number of fused-ring (bicyclic) bond motifs is 1. The molecule has 0 spiro atoms. The molecular weight excluding hydrogens is 357 g/mol. The summed E-state index contributed by atoms with van der Waals surface area (Å²) in [5.41, 5.74) is 0.173. The molecule has 1 aliphatic heterocycles. The summed E-state index contributed by atoms with van der Waals surface area (Å²) in [6.45, 7) is 1.71. The molecule has 136 valence electrons. The molecule has 0 radical (unpaired) electrons. The zero-order valence-corrected chi connectivity index (χ0v) is 14.1. The number of para-hydroxylation sites is 1. The molecule has 1 aliphatic rings. The molecule has 0 bridgehead atoms. The van der Waals surface area contributed by atoms with E-state index in [2.05, 4.69) is 10.3 Å². The number of nitrogens with one attached hydrogen (secondary N) is 2. The number of halogens is 3. The third kappa shape index (κ3) is 2.63. The van der Waals surface area contributed by atoms with Crippen molar-refractivity contribution in [2.45, 2.75) is 13.1 Å². The van der Waals surface area contributed by atoms with Gasteiger partial charge < -0.3 is 4.98 Å². The van der Waals surface area contributed by atoms with E-state index >= 15 is 0 Å². The number of alkyl halides is 3. The Bertz CT molecular complexity index is 1140. The summed E-state index contributed by atoms with van der Waals surface area (Å²) in [6, 6.07) is 11.9. The van der Waals surface area contributed by atoms with Gasteiger partial charge in [-0.25, -0.2) is 0 Å². The Kier molecular flexibility index (Phi) is 3.69. The van der Waals surface area contributed by atoms with Crippen LogP contribution in [0.5, 0.6) is 0 Å². The Morgan fingerprint density at radius 2 is 1.48 bits per heavy atom. The summed E-state index contributed by atoms with van der Waals surface area (Å²) in [4.78, 5) is 28.1. The van der Waals surface area contributed by atoms with E-state index in [1.54, 1.807) is 31.2 Å². The van der Waals surface area contributed by atoms with Gasteiger partial charge in [0.1, 0.15) is 0 Å². The first kappa shape index (κ1) is 17.1. The number of rotatable bonds is 2. The number of hydrogen-bond acceptors (Lipinski definition) is 2. The summed E-state index contributed by atoms with van der Waals surface area (Å²) in [7, 11) is 0. The highest BCUT2D eigenvalue weighted by Gasteiger charge is 2.40. The molecule has 2 N–H and O–H groups in total. The molecule has 0 fully saturated rings. The van der Waals surface area contributed by atoms with Crippen LogP contribution >= 0.6 is 0 Å². The predicted octanol–water partition coefficient (Wildman–Crippen LogP) is 4.06. The minimum Gasteiger partial charge on any atom is -0.358 e. The summed E-state index contributed by atoms with van der Waals surface area (Å²) in [5.74, 6) is -1.55. The number of aromatic amines is 1. The molecular formula is C20H13F3N2O2. The lowest BCUT2D eigenvalue weighted by molar-refractivity contribution is -0.137. The average molecular weight is 370 g/mol. The SMILES string of the molecule is Cc1[nH]c2ccccc2c1C1=C(c2ccccc2C(F)(F)F)C(=O)NC1=O. The highest BCUT2D eigenvalue weighted by Crippen LogP contribution is 2.41. The summed E-state index contributed by atoms with van der Waals surface area (Å²) in [5, 5.41) is 2.80. The van der Waals surface area contributed by atoms with Gasteiger partial charge in [0, 0.05) is 27.7 Å². The highest BCUT2D eigenvalue weighted by atomic mass is 19.4. The molecule has 4 rings (SSSR count). The van der Waals surface area contributed by atoms with Crippen molar-refractivity contribution in [3.05, 3.63) is 70.9 Å². The second kappa shape index (κ2) is 5.84. The second-order valence-electron chi connectivity index (χ2n) is 6.25. The van der Waals surface area contributed by atoms with Crippen LogP contribution in [0.4, 0.5) is 13.2 Å². The first-order valence-corrected chi connectivity index (χ1v) is 8.13. The molecule has 0 aliphatic carbocycles. The quantitative estimate of drug-likeness (QED) is 0.668. The zero-order chi connectivity index (χ0) is 19.3. The van der Waals surface area contributed by atoms with E-state index in [1.165, 1.54) is 18.2 Å². The van der Waals surface area contributed by atoms with Crippen molar-refractivity contribution in [3.8, 4) is 0 Å². The maximum absolute atomic E-state index is 13.5. The van der Waals surface area contributed by atoms with Crippen LogP contribution in [0.15, 0.2) is 48.5 Å². The summed E-state index contributed by atoms with van der Waals surface area (Å²) in [6.07, 6.45) is -4.66. The van der Waals surface area contributed by atoms with Crippen LogP contribution in [-0.2, 0) is 15.8 Å². The highest BCUT2D eigenvalue weighted by molar-refractivity contribution is 6.50. The maximum atomic E-state index is 13.5. The number of carbonyl (C=O) groups is 2. The van der Waals surface area contributed by atoms with Gasteiger partial charge >= 0.3 is 6.18 Å². The smallest absolute Gasteiger partial charge is 0.358 e. The van der Waals surface area contributed by atoms with E-state index in [9.17, 15) is 22.8 Å². The Morgan fingerprint density at radius 3 is 2.22 bits per heavy atom. The van der Waals surface area contributed by atoms with E-state index in [0.29, 0.717) is 16.6 Å². The van der Waals surface area contributed by atoms with Gasteiger partial charge in [0.15, 0.2) is 0 Å². The second-order valence-corrected chi connectivity index (χ2v) is 6.25. The Balaban J connectivity index is 2.09. The largest absolute Gasteiger partial charge is 0.417 e. The standard InChI is InChI=1S/C20H13F3N2O2/c1-10-15(12-7-3-5-9-14(12)24-10)17-16(18(26)25-19(17)27)11-6-2-4-8-13(11)20(21,22)23/h2-9,24H,1H3,(H,25,26,27). The molecule has 4 nitrogen and oxygen atoms in total. The van der Waals surface area contributed by atoms with Crippen molar-refractivity contribution in [2.24, 2.45) is 0 Å². The van der Waals surface area contributed by atoms with Crippen LogP contribution in [0.25, 0.3) is 22.0 Å². The van der Waals surface area contributed by atoms with Crippen molar-refractivity contribution < 1.29 is 22.8 Å². The number of amides is 2. The van der Waals surface area contributed by atoms with Crippen LogP contribution in [0.1, 0.15) is 22.4 Å². The van der Waals surface area contributed by atoms with Gasteiger partial charge in [-0.3, -0.25) is 14.9 Å². The van der Waals surface area contributed by atoms with Crippen molar-refractivity contribution in [2.75, 3.05) is 0 Å². The molecule has 0 atom stereocenters. The fourth-order valence-corrected chi connectivity index (χ4v) is 3.50. The molecule has 27 heavy (non-hydrogen) atoms. The molecule has 7 heteroatoms. The van der Waals surface area contributed by atoms with Gasteiger partial charge in [0.05, 0.1) is 16.7 Å². The molecule has 2 aromatic carbocycles. The molecule has 0 saturated carbocycles. The van der Waals surface area contributed by atoms with E-state index in [4.69, 9.17) is 0 Å². The first-order chi connectivity index (χ1) is 12.8. The zero-order valence-electron chi connectivity index (χ0n) is 14.1. The Morgan fingerprint density at radius 1 is 0.852 bits per heavy atom. The third-order valence-corrected chi connectivity index (χ3v) is 4.58. The van der Waals surface area contributed by atoms with Crippen molar-refractivity contribution in [1.82, 2.24) is 10.3 Å². The van der Waals surface area contributed by atoms with E-state index in [0.717, 1.165) is 11.6 Å². The van der Waals surface area contributed by atoms with E-state index in [1.807, 2.05) is 0 Å². The Labute approximate surface area is 151 Å². The van der Waals surface area contributed by atoms with Crippen LogP contribution in [-0.4, -0.2) is 16.8 Å². The average Bonchev–Trinajstić information content (AvgIpc) is 3.08. The number of benzene rings is 2. The summed E-state index contributed by atoms with van der Waals surface area (Å²) >= 11 is 0. The fourth-order valence-electron chi connectivity index (χ4n) is 3.50. The third-order valence-electron chi connectivity index (χ3n) is 4.58. The first-order valence-electron chi connectivity index (χ1n) is 8.13. The summed E-state index contributed by atoms with van der Waals surface area (Å²) < 4.78 is 40.4. The lowest BCUT2D eigenvalue weighted by atomic mass is 9.91. The molecule has 3 aromatic rings. The van der Waals surface area contributed by atoms with Gasteiger partial charge in [-0.05, 0) is 19.1 Å². The minimum atomic E-state index is -4.66. The van der Waals surface area contributed by atoms with Crippen LogP contribution in [0, 0.1) is 6.92 Å². The van der Waals surface area contributed by atoms with Gasteiger partial charge in [-0.1, -0.05) is 36.4 Å². The van der Waals surface area contributed by atoms with Crippen molar-refractivity contribution >= 4 is 33.9 Å². The predicted molar refractivity (Wildman–Crippen MR) is 94.4 cm³/mol. The lowest BCUT2D eigenvalue weighted by Crippen LogP contribution is -2.23. The van der Waals surface area contributed by atoms with Crippen molar-refractivity contribution in [3.63, 3.8) is 0 Å². The fraction of sp³-hybridized carbons (Fsp3) is 0.100. The van der Waals surface area contributed by atoms with Gasteiger partial charge in [0.25, 0.3) is 11.8 Å². The van der Waals surface area contributed by atoms with E-state index in [-0.39, 0.29) is 16.7 Å². The number of carbonyl (C=O) groups excluding carboxylic acids is 2. The molecule has 0 unspecified atom stereocenters. The van der Waals surface area contributed by atoms with Gasteiger partial charge in [-0.15, -0.1) is 0 Å². The molecule has 0 saturated heterocycles. The number of aryl methyl sites for hydroxylation is 1. The Hall–Kier alpha value is -3.35. The number of H-pyrrole nitrogens is 1. The van der Waals surface area contributed by atoms with Crippen LogP contribution in [0.3, 0.4) is 0 Å². The van der Waals surface area contributed by atoms with Crippen LogP contribution in [0.2, 0.25) is 0 Å². The monoisotopic (exact) mass is 370 g/mol. The molecule has 2 amide bonds. The van der Waals surface area contributed by atoms with Crippen molar-refractivity contribution in [1.29, 1.82) is 0 Å². The maximum Gasteiger partial charge on any atom is 0.417 e. The number of aromatic nitrogens is 1. The van der Waals surface area contributed by atoms with Gasteiger partial charge in [0.2, 0.25) is 0 Å². The van der Waals surface area contributed by atoms with E-state index < -0.39 is 23.6 Å². The van der Waals surface area contributed by atoms with Crippen LogP contribution < -0.4 is 5.32 Å².